The van der Waals surface area contributed by atoms with Gasteiger partial charge in [0, 0.05) is 58.8 Å². The topological polar surface area (TPSA) is 86.0 Å². The number of piperazine rings is 1. The first-order chi connectivity index (χ1) is 14.0. The lowest BCUT2D eigenvalue weighted by molar-refractivity contribution is -0.130. The normalized spacial score (nSPS) is 14.9. The zero-order valence-electron chi connectivity index (χ0n) is 17.9. The molecule has 164 valence electrons. The van der Waals surface area contributed by atoms with Gasteiger partial charge in [0.15, 0.2) is 5.96 Å². The zero-order chi connectivity index (χ0) is 20.6. The summed E-state index contributed by atoms with van der Waals surface area (Å²) >= 11 is 0. The number of hydrogen-bond acceptors (Lipinski definition) is 5. The summed E-state index contributed by atoms with van der Waals surface area (Å²) in [5, 5.41) is 6.59. The summed E-state index contributed by atoms with van der Waals surface area (Å²) < 4.78 is 5.60. The van der Waals surface area contributed by atoms with Gasteiger partial charge in [0.1, 0.15) is 6.26 Å². The van der Waals surface area contributed by atoms with Crippen molar-refractivity contribution in [3.63, 3.8) is 0 Å². The van der Waals surface area contributed by atoms with Crippen LogP contribution < -0.4 is 10.6 Å². The molecule has 0 radical (unpaired) electrons. The number of guanidine groups is 1. The average Bonchev–Trinajstić information content (AvgIpc) is 3.20. The molecule has 0 saturated carbocycles. The van der Waals surface area contributed by atoms with Crippen molar-refractivity contribution in [1.29, 1.82) is 0 Å². The number of carbonyl (C=O) groups excluding carboxylic acids is 1. The number of oxazole rings is 1. The van der Waals surface area contributed by atoms with Crippen LogP contribution in [-0.4, -0.2) is 73.0 Å². The van der Waals surface area contributed by atoms with Gasteiger partial charge >= 0.3 is 0 Å². The summed E-state index contributed by atoms with van der Waals surface area (Å²) in [6, 6.07) is 8.11. The van der Waals surface area contributed by atoms with Crippen molar-refractivity contribution in [3.05, 3.63) is 41.8 Å². The summed E-state index contributed by atoms with van der Waals surface area (Å²) in [4.78, 5) is 24.4. The highest BCUT2D eigenvalue weighted by atomic mass is 127. The van der Waals surface area contributed by atoms with Crippen LogP contribution in [0.5, 0.6) is 0 Å². The van der Waals surface area contributed by atoms with E-state index < -0.39 is 0 Å². The maximum Gasteiger partial charge on any atom is 0.226 e. The highest BCUT2D eigenvalue weighted by molar-refractivity contribution is 14.0. The Morgan fingerprint density at radius 1 is 1.17 bits per heavy atom. The fourth-order valence-corrected chi connectivity index (χ4v) is 3.23. The number of nitrogens with one attached hydrogen (secondary N) is 2. The molecule has 0 spiro atoms. The van der Waals surface area contributed by atoms with E-state index in [1.807, 2.05) is 29.2 Å². The molecule has 2 aromatic rings. The second-order valence-corrected chi connectivity index (χ2v) is 7.21. The van der Waals surface area contributed by atoms with Gasteiger partial charge in [-0.15, -0.1) is 24.0 Å². The van der Waals surface area contributed by atoms with Gasteiger partial charge in [-0.2, -0.15) is 0 Å². The van der Waals surface area contributed by atoms with E-state index in [-0.39, 0.29) is 29.9 Å². The number of carbonyl (C=O) groups is 1. The fraction of sp³-hybridized carbons (Fsp3) is 0.476. The quantitative estimate of drug-likeness (QED) is 0.341. The van der Waals surface area contributed by atoms with Crippen LogP contribution in [0.25, 0.3) is 11.5 Å². The van der Waals surface area contributed by atoms with Gasteiger partial charge in [0.25, 0.3) is 0 Å². The second-order valence-electron chi connectivity index (χ2n) is 7.21. The molecule has 30 heavy (non-hydrogen) atoms. The number of benzene rings is 1. The van der Waals surface area contributed by atoms with Crippen LogP contribution in [0, 0.1) is 6.92 Å². The monoisotopic (exact) mass is 526 g/mol. The van der Waals surface area contributed by atoms with Crippen LogP contribution in [-0.2, 0) is 11.3 Å². The number of aryl methyl sites for hydroxylation is 1. The van der Waals surface area contributed by atoms with Gasteiger partial charge in [-0.05, 0) is 19.1 Å². The van der Waals surface area contributed by atoms with Crippen molar-refractivity contribution in [2.24, 2.45) is 4.99 Å². The number of halogens is 1. The molecule has 3 rings (SSSR count). The third kappa shape index (κ3) is 6.98. The highest BCUT2D eigenvalue weighted by Gasteiger charge is 2.18. The van der Waals surface area contributed by atoms with Crippen LogP contribution in [0.3, 0.4) is 0 Å². The maximum atomic E-state index is 11.4. The molecule has 1 amide bonds. The molecule has 1 aromatic heterocycles. The van der Waals surface area contributed by atoms with Gasteiger partial charge in [-0.25, -0.2) is 4.98 Å². The average molecular weight is 526 g/mol. The Morgan fingerprint density at radius 3 is 2.50 bits per heavy atom. The maximum absolute atomic E-state index is 11.4. The minimum atomic E-state index is 0. The standard InChI is InChI=1S/C21H30N6O2.HI/c1-16-4-6-18(7-5-16)20-25-19(15-29-20)14-24-21(22-3)23-8-9-26-10-12-27(13-11-26)17(2)28;/h4-7,15H,8-14H2,1-3H3,(H2,22,23,24);1H. The van der Waals surface area contributed by atoms with Gasteiger partial charge in [0.05, 0.1) is 12.2 Å². The van der Waals surface area contributed by atoms with Gasteiger partial charge in [0.2, 0.25) is 11.8 Å². The van der Waals surface area contributed by atoms with E-state index in [4.69, 9.17) is 4.42 Å². The van der Waals surface area contributed by atoms with E-state index in [1.165, 1.54) is 5.56 Å². The first-order valence-corrected chi connectivity index (χ1v) is 9.99. The van der Waals surface area contributed by atoms with E-state index in [0.29, 0.717) is 12.4 Å². The minimum Gasteiger partial charge on any atom is -0.444 e. The first-order valence-electron chi connectivity index (χ1n) is 9.99. The molecule has 1 aliphatic heterocycles. The molecule has 8 nitrogen and oxygen atoms in total. The van der Waals surface area contributed by atoms with Crippen molar-refractivity contribution in [2.75, 3.05) is 46.3 Å². The lowest BCUT2D eigenvalue weighted by Gasteiger charge is -2.34. The summed E-state index contributed by atoms with van der Waals surface area (Å²) in [6.45, 7) is 9.34. The summed E-state index contributed by atoms with van der Waals surface area (Å²) in [6.07, 6.45) is 1.67. The Kier molecular flexibility index (Phi) is 9.57. The van der Waals surface area contributed by atoms with Crippen molar-refractivity contribution < 1.29 is 9.21 Å². The number of rotatable bonds is 6. The Hall–Kier alpha value is -2.14. The number of aromatic nitrogens is 1. The summed E-state index contributed by atoms with van der Waals surface area (Å²) in [5.74, 6) is 1.51. The molecular weight excluding hydrogens is 495 g/mol. The summed E-state index contributed by atoms with van der Waals surface area (Å²) in [7, 11) is 1.75. The fourth-order valence-electron chi connectivity index (χ4n) is 3.23. The highest BCUT2D eigenvalue weighted by Crippen LogP contribution is 2.18. The molecule has 0 unspecified atom stereocenters. The Bertz CT molecular complexity index is 828. The molecule has 2 heterocycles. The number of nitrogens with zero attached hydrogens (tertiary/aromatic N) is 4. The molecule has 0 aliphatic carbocycles. The van der Waals surface area contributed by atoms with Crippen molar-refractivity contribution in [3.8, 4) is 11.5 Å². The first kappa shape index (κ1) is 24.1. The molecule has 2 N–H and O–H groups in total. The molecule has 1 saturated heterocycles. The van der Waals surface area contributed by atoms with Crippen molar-refractivity contribution >= 4 is 35.8 Å². The predicted octanol–water partition coefficient (Wildman–Crippen LogP) is 2.10. The van der Waals surface area contributed by atoms with Crippen molar-refractivity contribution in [1.82, 2.24) is 25.4 Å². The molecule has 1 aliphatic rings. The van der Waals surface area contributed by atoms with Gasteiger partial charge in [-0.1, -0.05) is 17.7 Å². The smallest absolute Gasteiger partial charge is 0.226 e. The summed E-state index contributed by atoms with van der Waals surface area (Å²) in [5.41, 5.74) is 3.00. The minimum absolute atomic E-state index is 0. The SMILES string of the molecule is CN=C(NCCN1CCN(C(C)=O)CC1)NCc1coc(-c2ccc(C)cc2)n1.I. The lowest BCUT2D eigenvalue weighted by Crippen LogP contribution is -2.50. The predicted molar refractivity (Wildman–Crippen MR) is 129 cm³/mol. The van der Waals surface area contributed by atoms with Crippen LogP contribution in [0.15, 0.2) is 39.9 Å². The molecule has 0 atom stereocenters. The molecule has 1 fully saturated rings. The van der Waals surface area contributed by atoms with E-state index in [2.05, 4.69) is 32.4 Å². The number of amides is 1. The van der Waals surface area contributed by atoms with Gasteiger partial charge in [-0.3, -0.25) is 14.7 Å². The van der Waals surface area contributed by atoms with Crippen LogP contribution in [0.1, 0.15) is 18.2 Å². The second kappa shape index (κ2) is 11.9. The number of hydrogen-bond donors (Lipinski definition) is 2. The van der Waals surface area contributed by atoms with E-state index in [0.717, 1.165) is 56.5 Å². The molecule has 0 bridgehead atoms. The van der Waals surface area contributed by atoms with E-state index >= 15 is 0 Å². The lowest BCUT2D eigenvalue weighted by atomic mass is 10.1. The largest absolute Gasteiger partial charge is 0.444 e. The zero-order valence-corrected chi connectivity index (χ0v) is 20.2. The van der Waals surface area contributed by atoms with Crippen LogP contribution in [0.4, 0.5) is 0 Å². The molecule has 1 aromatic carbocycles. The van der Waals surface area contributed by atoms with E-state index in [1.54, 1.807) is 20.2 Å². The van der Waals surface area contributed by atoms with Crippen molar-refractivity contribution in [2.45, 2.75) is 20.4 Å². The Labute approximate surface area is 195 Å². The van der Waals surface area contributed by atoms with Gasteiger partial charge < -0.3 is 20.0 Å². The van der Waals surface area contributed by atoms with E-state index in [9.17, 15) is 4.79 Å². The van der Waals surface area contributed by atoms with Crippen LogP contribution in [0.2, 0.25) is 0 Å². The molecular formula is C21H31IN6O2. The number of aliphatic imine (C=N–C) groups is 1. The molecule has 9 heteroatoms. The third-order valence-electron chi connectivity index (χ3n) is 5.05. The third-order valence-corrected chi connectivity index (χ3v) is 5.05. The Morgan fingerprint density at radius 2 is 1.87 bits per heavy atom. The Balaban J connectivity index is 0.00000320. The van der Waals surface area contributed by atoms with Crippen LogP contribution >= 0.6 is 24.0 Å².